The number of carbonyl (C=O) groups is 2. The van der Waals surface area contributed by atoms with Crippen LogP contribution in [0.1, 0.15) is 33.6 Å². The van der Waals surface area contributed by atoms with Crippen LogP contribution in [0.4, 0.5) is 4.79 Å². The van der Waals surface area contributed by atoms with Crippen LogP contribution in [0.15, 0.2) is 0 Å². The third kappa shape index (κ3) is 3.24. The van der Waals surface area contributed by atoms with Crippen molar-refractivity contribution in [2.75, 3.05) is 6.54 Å². The lowest BCUT2D eigenvalue weighted by molar-refractivity contribution is -0.130. The highest BCUT2D eigenvalue weighted by Crippen LogP contribution is 2.09. The van der Waals surface area contributed by atoms with Gasteiger partial charge in [-0.25, -0.2) is 10.2 Å². The normalized spacial score (nSPS) is 17.1. The number of ether oxygens (including phenoxy) is 1. The van der Waals surface area contributed by atoms with E-state index < -0.39 is 11.7 Å². The van der Waals surface area contributed by atoms with Crippen molar-refractivity contribution in [3.63, 3.8) is 0 Å². The Balaban J connectivity index is 2.37. The molecule has 1 heterocycles. The van der Waals surface area contributed by atoms with E-state index in [0.717, 1.165) is 6.42 Å². The topological polar surface area (TPSA) is 58.6 Å². The molecule has 0 aromatic rings. The van der Waals surface area contributed by atoms with E-state index in [0.29, 0.717) is 13.0 Å². The standard InChI is InChI=1S/C9H16N2O3/c1-9(2,3)14-8(13)10-11-6-4-5-7(11)12/h4-6H2,1-3H3,(H,10,13). The van der Waals surface area contributed by atoms with Gasteiger partial charge in [0.15, 0.2) is 0 Å². The first-order chi connectivity index (χ1) is 6.38. The maximum atomic E-state index is 11.2. The molecule has 0 aromatic heterocycles. The summed E-state index contributed by atoms with van der Waals surface area (Å²) in [5.41, 5.74) is 1.87. The van der Waals surface area contributed by atoms with Crippen molar-refractivity contribution in [1.29, 1.82) is 0 Å². The number of hydrogen-bond acceptors (Lipinski definition) is 3. The van der Waals surface area contributed by atoms with Gasteiger partial charge >= 0.3 is 6.09 Å². The third-order valence-corrected chi connectivity index (χ3v) is 1.70. The summed E-state index contributed by atoms with van der Waals surface area (Å²) in [5.74, 6) is -0.0594. The van der Waals surface area contributed by atoms with Crippen molar-refractivity contribution < 1.29 is 14.3 Å². The number of rotatable bonds is 1. The predicted molar refractivity (Wildman–Crippen MR) is 50.3 cm³/mol. The quantitative estimate of drug-likeness (QED) is 0.688. The van der Waals surface area contributed by atoms with Gasteiger partial charge in [-0.05, 0) is 27.2 Å². The Bertz CT molecular complexity index is 245. The van der Waals surface area contributed by atoms with E-state index >= 15 is 0 Å². The van der Waals surface area contributed by atoms with Crippen LogP contribution in [0.25, 0.3) is 0 Å². The van der Waals surface area contributed by atoms with Gasteiger partial charge in [-0.2, -0.15) is 0 Å². The van der Waals surface area contributed by atoms with Crippen LogP contribution in [0.5, 0.6) is 0 Å². The van der Waals surface area contributed by atoms with Crippen molar-refractivity contribution >= 4 is 12.0 Å². The number of hydrogen-bond donors (Lipinski definition) is 1. The van der Waals surface area contributed by atoms with Crippen molar-refractivity contribution in [3.05, 3.63) is 0 Å². The number of carbonyl (C=O) groups excluding carboxylic acids is 2. The smallest absolute Gasteiger partial charge is 0.426 e. The van der Waals surface area contributed by atoms with Crippen LogP contribution < -0.4 is 5.43 Å². The second-order valence-corrected chi connectivity index (χ2v) is 4.26. The maximum Gasteiger partial charge on any atom is 0.426 e. The summed E-state index contributed by atoms with van der Waals surface area (Å²) in [7, 11) is 0. The Morgan fingerprint density at radius 1 is 1.50 bits per heavy atom. The lowest BCUT2D eigenvalue weighted by Gasteiger charge is -2.22. The van der Waals surface area contributed by atoms with Crippen molar-refractivity contribution in [2.24, 2.45) is 0 Å². The van der Waals surface area contributed by atoms with E-state index in [4.69, 9.17) is 4.74 Å². The Kier molecular flexibility index (Phi) is 2.98. The highest BCUT2D eigenvalue weighted by Gasteiger charge is 2.24. The molecular weight excluding hydrogens is 184 g/mol. The molecule has 1 aliphatic heterocycles. The molecule has 0 saturated carbocycles. The van der Waals surface area contributed by atoms with Crippen LogP contribution in [-0.2, 0) is 9.53 Å². The average Bonchev–Trinajstić information content (AvgIpc) is 2.32. The predicted octanol–water partition coefficient (Wildman–Crippen LogP) is 1.05. The van der Waals surface area contributed by atoms with Crippen LogP contribution in [0.3, 0.4) is 0 Å². The largest absolute Gasteiger partial charge is 0.443 e. The minimum Gasteiger partial charge on any atom is -0.443 e. The van der Waals surface area contributed by atoms with Crippen LogP contribution in [0, 0.1) is 0 Å². The van der Waals surface area contributed by atoms with Crippen molar-refractivity contribution in [1.82, 2.24) is 10.4 Å². The molecule has 0 radical (unpaired) electrons. The molecule has 1 fully saturated rings. The zero-order valence-corrected chi connectivity index (χ0v) is 8.79. The lowest BCUT2D eigenvalue weighted by atomic mass is 10.2. The fourth-order valence-corrected chi connectivity index (χ4v) is 1.18. The van der Waals surface area contributed by atoms with E-state index in [9.17, 15) is 9.59 Å². The van der Waals surface area contributed by atoms with Gasteiger partial charge in [0.2, 0.25) is 5.91 Å². The summed E-state index contributed by atoms with van der Waals surface area (Å²) < 4.78 is 5.00. The van der Waals surface area contributed by atoms with Gasteiger partial charge in [0, 0.05) is 13.0 Å². The minimum atomic E-state index is -0.576. The number of hydrazine groups is 1. The average molecular weight is 200 g/mol. The summed E-state index contributed by atoms with van der Waals surface area (Å²) >= 11 is 0. The molecule has 1 saturated heterocycles. The first-order valence-electron chi connectivity index (χ1n) is 4.68. The molecule has 0 atom stereocenters. The van der Waals surface area contributed by atoms with E-state index in [-0.39, 0.29) is 5.91 Å². The van der Waals surface area contributed by atoms with Crippen molar-refractivity contribution in [2.45, 2.75) is 39.2 Å². The van der Waals surface area contributed by atoms with Gasteiger partial charge < -0.3 is 4.74 Å². The molecule has 1 rings (SSSR count). The highest BCUT2D eigenvalue weighted by molar-refractivity contribution is 5.80. The molecule has 1 N–H and O–H groups in total. The molecule has 0 unspecified atom stereocenters. The van der Waals surface area contributed by atoms with E-state index in [2.05, 4.69) is 5.43 Å². The zero-order chi connectivity index (χ0) is 10.8. The number of nitrogens with zero attached hydrogens (tertiary/aromatic N) is 1. The van der Waals surface area contributed by atoms with Gasteiger partial charge in [-0.3, -0.25) is 9.80 Å². The van der Waals surface area contributed by atoms with Crippen molar-refractivity contribution in [3.8, 4) is 0 Å². The second kappa shape index (κ2) is 3.86. The van der Waals surface area contributed by atoms with Crippen LogP contribution in [0.2, 0.25) is 0 Å². The maximum absolute atomic E-state index is 11.2. The fraction of sp³-hybridized carbons (Fsp3) is 0.778. The monoisotopic (exact) mass is 200 g/mol. The number of amides is 2. The lowest BCUT2D eigenvalue weighted by Crippen LogP contribution is -2.45. The summed E-state index contributed by atoms with van der Waals surface area (Å²) in [6.07, 6.45) is 0.706. The van der Waals surface area contributed by atoms with E-state index in [1.54, 1.807) is 20.8 Å². The first-order valence-corrected chi connectivity index (χ1v) is 4.68. The summed E-state index contributed by atoms with van der Waals surface area (Å²) in [4.78, 5) is 22.4. The summed E-state index contributed by atoms with van der Waals surface area (Å²) in [6.45, 7) is 5.90. The van der Waals surface area contributed by atoms with Gasteiger partial charge in [0.25, 0.3) is 0 Å². The number of nitrogens with one attached hydrogen (secondary N) is 1. The van der Waals surface area contributed by atoms with Gasteiger partial charge in [-0.1, -0.05) is 0 Å². The molecule has 5 heteroatoms. The SMILES string of the molecule is CC(C)(C)OC(=O)NN1CCCC1=O. The first kappa shape index (κ1) is 10.8. The van der Waals surface area contributed by atoms with Gasteiger partial charge in [0.05, 0.1) is 0 Å². The molecule has 0 aromatic carbocycles. The molecule has 80 valence electrons. The molecule has 0 bridgehead atoms. The third-order valence-electron chi connectivity index (χ3n) is 1.70. The Hall–Kier alpha value is -1.26. The second-order valence-electron chi connectivity index (χ2n) is 4.26. The molecule has 2 amide bonds. The summed E-state index contributed by atoms with van der Waals surface area (Å²) in [5, 5.41) is 1.30. The van der Waals surface area contributed by atoms with E-state index in [1.807, 2.05) is 0 Å². The highest BCUT2D eigenvalue weighted by atomic mass is 16.6. The Labute approximate surface area is 83.4 Å². The van der Waals surface area contributed by atoms with Crippen LogP contribution in [-0.4, -0.2) is 29.2 Å². The molecular formula is C9H16N2O3. The minimum absolute atomic E-state index is 0.0594. The molecule has 1 aliphatic rings. The van der Waals surface area contributed by atoms with Gasteiger partial charge in [0.1, 0.15) is 5.60 Å². The Morgan fingerprint density at radius 2 is 2.14 bits per heavy atom. The molecule has 0 spiro atoms. The van der Waals surface area contributed by atoms with Crippen LogP contribution >= 0.6 is 0 Å². The Morgan fingerprint density at radius 3 is 2.57 bits per heavy atom. The fourth-order valence-electron chi connectivity index (χ4n) is 1.18. The summed E-state index contributed by atoms with van der Waals surface area (Å²) in [6, 6.07) is 0. The molecule has 0 aliphatic carbocycles. The van der Waals surface area contributed by atoms with Gasteiger partial charge in [-0.15, -0.1) is 0 Å². The van der Waals surface area contributed by atoms with E-state index in [1.165, 1.54) is 5.01 Å². The molecule has 5 nitrogen and oxygen atoms in total. The molecule has 14 heavy (non-hydrogen) atoms. The zero-order valence-electron chi connectivity index (χ0n) is 8.79.